The first-order valence-electron chi connectivity index (χ1n) is 7.99. The van der Waals surface area contributed by atoms with Crippen LogP contribution in [0.25, 0.3) is 0 Å². The molecule has 0 aromatic carbocycles. The molecule has 0 spiro atoms. The average Bonchev–Trinajstić information content (AvgIpc) is 2.51. The van der Waals surface area contributed by atoms with E-state index in [9.17, 15) is 0 Å². The fraction of sp³-hybridized carbons (Fsp3) is 1.00. The lowest BCUT2D eigenvalue weighted by Crippen LogP contribution is -2.39. The van der Waals surface area contributed by atoms with Crippen molar-refractivity contribution in [2.45, 2.75) is 57.8 Å². The van der Waals surface area contributed by atoms with Crippen LogP contribution in [0.15, 0.2) is 0 Å². The zero-order valence-electron chi connectivity index (χ0n) is 13.3. The van der Waals surface area contributed by atoms with Gasteiger partial charge >= 0.3 is 0 Å². The first-order valence-corrected chi connectivity index (χ1v) is 9.89. The molecule has 128 valence electrons. The van der Waals surface area contributed by atoms with Crippen LogP contribution in [0.1, 0.15) is 51.9 Å². The minimum absolute atomic E-state index is 0.646. The molecule has 0 bridgehead atoms. The highest BCUT2D eigenvalue weighted by Gasteiger charge is 2.31. The van der Waals surface area contributed by atoms with Crippen LogP contribution in [-0.2, 0) is 14.2 Å². The average molecular weight is 357 g/mol. The van der Waals surface area contributed by atoms with Crippen LogP contribution in [0.4, 0.5) is 0 Å². The molecule has 0 atom stereocenters. The van der Waals surface area contributed by atoms with E-state index < -0.39 is 5.97 Å². The Kier molecular flexibility index (Phi) is 16.5. The third-order valence-electron chi connectivity index (χ3n) is 3.06. The van der Waals surface area contributed by atoms with Crippen LogP contribution in [0.3, 0.4) is 0 Å². The number of rotatable bonds is 16. The first-order chi connectivity index (χ1) is 10.2. The third-order valence-corrected chi connectivity index (χ3v) is 4.00. The summed E-state index contributed by atoms with van der Waals surface area (Å²) in [5.74, 6) is 1.76. The van der Waals surface area contributed by atoms with E-state index in [1.165, 1.54) is 0 Å². The van der Waals surface area contributed by atoms with E-state index >= 15 is 0 Å². The van der Waals surface area contributed by atoms with Gasteiger partial charge in [0.05, 0.1) is 19.8 Å². The van der Waals surface area contributed by atoms with Crippen molar-refractivity contribution in [3.05, 3.63) is 0 Å². The summed E-state index contributed by atoms with van der Waals surface area (Å²) in [6.07, 6.45) is 6.75. The molecule has 6 heteroatoms. The van der Waals surface area contributed by atoms with Crippen molar-refractivity contribution >= 4 is 37.9 Å². The van der Waals surface area contributed by atoms with Crippen molar-refractivity contribution in [1.82, 2.24) is 0 Å². The molecule has 0 rings (SSSR count). The molecule has 0 aromatic heterocycles. The van der Waals surface area contributed by atoms with Crippen LogP contribution < -0.4 is 0 Å². The van der Waals surface area contributed by atoms with Crippen LogP contribution in [0, 0.1) is 0 Å². The van der Waals surface area contributed by atoms with Crippen LogP contribution in [0.5, 0.6) is 0 Å². The Labute approximate surface area is 147 Å². The summed E-state index contributed by atoms with van der Waals surface area (Å²) >= 11 is 12.6. The van der Waals surface area contributed by atoms with Gasteiger partial charge in [-0.05, 0) is 55.8 Å². The summed E-state index contributed by atoms with van der Waals surface area (Å²) in [5, 5.41) is 0. The van der Waals surface area contributed by atoms with Gasteiger partial charge in [-0.25, -0.2) is 0 Å². The Morgan fingerprint density at radius 1 is 0.619 bits per heavy atom. The van der Waals surface area contributed by atoms with E-state index in [-0.39, 0.29) is 0 Å². The molecule has 0 aliphatic rings. The molecule has 3 nitrogen and oxygen atoms in total. The second kappa shape index (κ2) is 15.8. The first kappa shape index (κ1) is 21.9. The standard InChI is InChI=1S/C15H32O3S3/c1-2-15(16-9-3-6-12-19,17-10-4-7-13-20)18-11-5-8-14-21/h19-21H,2-14H2,1H3. The van der Waals surface area contributed by atoms with Gasteiger partial charge in [0.15, 0.2) is 0 Å². The quantitative estimate of drug-likeness (QED) is 0.219. The largest absolute Gasteiger partial charge is 0.327 e. The fourth-order valence-corrected chi connectivity index (χ4v) is 2.43. The molecule has 0 aliphatic carbocycles. The lowest BCUT2D eigenvalue weighted by Gasteiger charge is -2.32. The van der Waals surface area contributed by atoms with Crippen molar-refractivity contribution < 1.29 is 14.2 Å². The molecule has 0 radical (unpaired) electrons. The van der Waals surface area contributed by atoms with E-state index in [1.807, 2.05) is 6.92 Å². The molecule has 0 unspecified atom stereocenters. The maximum absolute atomic E-state index is 5.92. The van der Waals surface area contributed by atoms with Crippen molar-refractivity contribution in [3.8, 4) is 0 Å². The van der Waals surface area contributed by atoms with E-state index in [4.69, 9.17) is 14.2 Å². The Hall–Kier alpha value is 0.930. The minimum atomic E-state index is -0.885. The fourth-order valence-electron chi connectivity index (χ4n) is 1.76. The maximum atomic E-state index is 5.92. The van der Waals surface area contributed by atoms with Crippen molar-refractivity contribution in [1.29, 1.82) is 0 Å². The van der Waals surface area contributed by atoms with Gasteiger partial charge in [0.25, 0.3) is 5.97 Å². The van der Waals surface area contributed by atoms with Crippen LogP contribution >= 0.6 is 37.9 Å². The predicted molar refractivity (Wildman–Crippen MR) is 100 cm³/mol. The highest BCUT2D eigenvalue weighted by atomic mass is 32.1. The Morgan fingerprint density at radius 2 is 0.952 bits per heavy atom. The number of thiol groups is 3. The topological polar surface area (TPSA) is 27.7 Å². The molecule has 0 saturated carbocycles. The number of unbranched alkanes of at least 4 members (excludes halogenated alkanes) is 3. The van der Waals surface area contributed by atoms with Crippen LogP contribution in [-0.4, -0.2) is 43.1 Å². The number of hydrogen-bond acceptors (Lipinski definition) is 6. The van der Waals surface area contributed by atoms with Crippen molar-refractivity contribution in [3.63, 3.8) is 0 Å². The molecule has 0 aromatic rings. The lowest BCUT2D eigenvalue weighted by atomic mass is 10.3. The number of hydrogen-bond donors (Lipinski definition) is 3. The zero-order chi connectivity index (χ0) is 15.8. The monoisotopic (exact) mass is 356 g/mol. The summed E-state index contributed by atoms with van der Waals surface area (Å²) in [6.45, 7) is 3.98. The van der Waals surface area contributed by atoms with Gasteiger partial charge < -0.3 is 14.2 Å². The highest BCUT2D eigenvalue weighted by Crippen LogP contribution is 2.22. The molecule has 21 heavy (non-hydrogen) atoms. The highest BCUT2D eigenvalue weighted by molar-refractivity contribution is 7.80. The van der Waals surface area contributed by atoms with Crippen molar-refractivity contribution in [2.24, 2.45) is 0 Å². The lowest BCUT2D eigenvalue weighted by molar-refractivity contribution is -0.382. The van der Waals surface area contributed by atoms with Gasteiger partial charge in [0.2, 0.25) is 0 Å². The van der Waals surface area contributed by atoms with Gasteiger partial charge in [0, 0.05) is 6.42 Å². The molecular formula is C15H32O3S3. The predicted octanol–water partition coefficient (Wildman–Crippen LogP) is 4.23. The van der Waals surface area contributed by atoms with Crippen molar-refractivity contribution in [2.75, 3.05) is 37.1 Å². The smallest absolute Gasteiger partial charge is 0.282 e. The summed E-state index contributed by atoms with van der Waals surface area (Å²) in [6, 6.07) is 0. The molecule has 0 fully saturated rings. The van der Waals surface area contributed by atoms with Gasteiger partial charge in [0.1, 0.15) is 0 Å². The summed E-state index contributed by atoms with van der Waals surface area (Å²) in [7, 11) is 0. The third kappa shape index (κ3) is 12.1. The summed E-state index contributed by atoms with van der Waals surface area (Å²) in [5.41, 5.74) is 0. The second-order valence-corrected chi connectivity index (χ2v) is 6.22. The van der Waals surface area contributed by atoms with E-state index in [0.717, 1.165) is 55.8 Å². The normalized spacial score (nSPS) is 12.0. The van der Waals surface area contributed by atoms with E-state index in [2.05, 4.69) is 37.9 Å². The Balaban J connectivity index is 4.22. The van der Waals surface area contributed by atoms with Gasteiger partial charge in [-0.2, -0.15) is 37.9 Å². The molecule has 0 saturated heterocycles. The minimum Gasteiger partial charge on any atom is -0.327 e. The van der Waals surface area contributed by atoms with Gasteiger partial charge in [-0.15, -0.1) is 0 Å². The molecular weight excluding hydrogens is 324 g/mol. The SMILES string of the molecule is CCC(OCCCCS)(OCCCCS)OCCCCS. The molecule has 0 amide bonds. The molecule has 0 aliphatic heterocycles. The summed E-state index contributed by atoms with van der Waals surface area (Å²) in [4.78, 5) is 0. The molecule has 0 N–H and O–H groups in total. The van der Waals surface area contributed by atoms with Gasteiger partial charge in [-0.1, -0.05) is 6.92 Å². The Morgan fingerprint density at radius 3 is 1.19 bits per heavy atom. The Bertz CT molecular complexity index is 187. The zero-order valence-corrected chi connectivity index (χ0v) is 15.9. The number of ether oxygens (including phenoxy) is 3. The van der Waals surface area contributed by atoms with E-state index in [1.54, 1.807) is 0 Å². The van der Waals surface area contributed by atoms with Crippen LogP contribution in [0.2, 0.25) is 0 Å². The summed E-state index contributed by atoms with van der Waals surface area (Å²) < 4.78 is 17.8. The molecule has 0 heterocycles. The van der Waals surface area contributed by atoms with E-state index in [0.29, 0.717) is 26.2 Å². The van der Waals surface area contributed by atoms with Gasteiger partial charge in [-0.3, -0.25) is 0 Å². The second-order valence-electron chi connectivity index (χ2n) is 4.87. The maximum Gasteiger partial charge on any atom is 0.282 e.